The van der Waals surface area contributed by atoms with E-state index in [0.717, 1.165) is 19.0 Å². The van der Waals surface area contributed by atoms with E-state index < -0.39 is 0 Å². The summed E-state index contributed by atoms with van der Waals surface area (Å²) in [6.07, 6.45) is 6.66. The molecular weight excluding hydrogens is 188 g/mol. The van der Waals surface area contributed by atoms with Crippen LogP contribution >= 0.6 is 0 Å². The zero-order valence-corrected chi connectivity index (χ0v) is 9.59. The molecule has 1 aliphatic heterocycles. The van der Waals surface area contributed by atoms with Crippen LogP contribution in [0.2, 0.25) is 0 Å². The lowest BCUT2D eigenvalue weighted by molar-refractivity contribution is -0.127. The summed E-state index contributed by atoms with van der Waals surface area (Å²) < 4.78 is 0. The molecule has 3 heteroatoms. The van der Waals surface area contributed by atoms with Gasteiger partial charge in [-0.05, 0) is 25.7 Å². The van der Waals surface area contributed by atoms with Crippen LogP contribution in [-0.2, 0) is 4.79 Å². The molecule has 0 aromatic carbocycles. The largest absolute Gasteiger partial charge is 0.353 e. The van der Waals surface area contributed by atoms with Crippen LogP contribution in [0.3, 0.4) is 0 Å². The van der Waals surface area contributed by atoms with Crippen molar-refractivity contribution in [2.45, 2.75) is 45.1 Å². The minimum absolute atomic E-state index is 0.232. The van der Waals surface area contributed by atoms with Crippen LogP contribution in [0.5, 0.6) is 0 Å². The van der Waals surface area contributed by atoms with Crippen LogP contribution in [0, 0.1) is 11.8 Å². The highest BCUT2D eigenvalue weighted by Crippen LogP contribution is 2.26. The normalized spacial score (nSPS) is 25.7. The Morgan fingerprint density at radius 2 is 1.93 bits per heavy atom. The van der Waals surface area contributed by atoms with Gasteiger partial charge in [0.25, 0.3) is 0 Å². The van der Waals surface area contributed by atoms with E-state index in [1.807, 2.05) is 0 Å². The second-order valence-electron chi connectivity index (χ2n) is 5.05. The highest BCUT2D eigenvalue weighted by atomic mass is 16.2. The summed E-state index contributed by atoms with van der Waals surface area (Å²) >= 11 is 0. The van der Waals surface area contributed by atoms with Crippen molar-refractivity contribution in [1.82, 2.24) is 10.6 Å². The van der Waals surface area contributed by atoms with E-state index in [1.54, 1.807) is 0 Å². The van der Waals surface area contributed by atoms with E-state index >= 15 is 0 Å². The summed E-state index contributed by atoms with van der Waals surface area (Å²) in [4.78, 5) is 11.7. The summed E-state index contributed by atoms with van der Waals surface area (Å²) in [6, 6.07) is 0.374. The topological polar surface area (TPSA) is 41.1 Å². The Balaban J connectivity index is 1.74. The SMILES string of the molecule is C[C@H](NC(=O)C1CNC1)C1CCCCC1. The summed E-state index contributed by atoms with van der Waals surface area (Å²) in [5.74, 6) is 1.21. The Labute approximate surface area is 92.0 Å². The monoisotopic (exact) mass is 210 g/mol. The van der Waals surface area contributed by atoms with Crippen LogP contribution in [0.1, 0.15) is 39.0 Å². The number of carbonyl (C=O) groups excluding carboxylic acids is 1. The van der Waals surface area contributed by atoms with Crippen molar-refractivity contribution < 1.29 is 4.79 Å². The molecular formula is C12H22N2O. The third kappa shape index (κ3) is 2.71. The van der Waals surface area contributed by atoms with E-state index in [0.29, 0.717) is 6.04 Å². The molecule has 1 atom stereocenters. The number of rotatable bonds is 3. The molecule has 0 unspecified atom stereocenters. The molecule has 86 valence electrons. The van der Waals surface area contributed by atoms with Crippen LogP contribution in [0.15, 0.2) is 0 Å². The van der Waals surface area contributed by atoms with Crippen molar-refractivity contribution in [3.05, 3.63) is 0 Å². The van der Waals surface area contributed by atoms with Crippen LogP contribution in [-0.4, -0.2) is 25.0 Å². The number of hydrogen-bond donors (Lipinski definition) is 2. The van der Waals surface area contributed by atoms with Gasteiger partial charge >= 0.3 is 0 Å². The van der Waals surface area contributed by atoms with E-state index in [1.165, 1.54) is 32.1 Å². The highest BCUT2D eigenvalue weighted by Gasteiger charge is 2.28. The van der Waals surface area contributed by atoms with Crippen molar-refractivity contribution in [2.24, 2.45) is 11.8 Å². The molecule has 3 nitrogen and oxygen atoms in total. The standard InChI is InChI=1S/C12H22N2O/c1-9(10-5-3-2-4-6-10)14-12(15)11-7-13-8-11/h9-11,13H,2-8H2,1H3,(H,14,15)/t9-/m0/s1. The van der Waals surface area contributed by atoms with Gasteiger partial charge in [0, 0.05) is 19.1 Å². The molecule has 0 aromatic rings. The van der Waals surface area contributed by atoms with Gasteiger partial charge in [-0.15, -0.1) is 0 Å². The second kappa shape index (κ2) is 4.97. The van der Waals surface area contributed by atoms with E-state index in [2.05, 4.69) is 17.6 Å². The van der Waals surface area contributed by atoms with E-state index in [4.69, 9.17) is 0 Å². The summed E-state index contributed by atoms with van der Waals surface area (Å²) in [5.41, 5.74) is 0. The minimum atomic E-state index is 0.232. The van der Waals surface area contributed by atoms with Crippen LogP contribution in [0.25, 0.3) is 0 Å². The first-order valence-electron chi connectivity index (χ1n) is 6.28. The lowest BCUT2D eigenvalue weighted by Crippen LogP contribution is -2.53. The molecule has 2 aliphatic rings. The zero-order chi connectivity index (χ0) is 10.7. The maximum atomic E-state index is 11.7. The smallest absolute Gasteiger partial charge is 0.225 e. The summed E-state index contributed by atoms with van der Waals surface area (Å²) in [5, 5.41) is 6.31. The quantitative estimate of drug-likeness (QED) is 0.737. The Kier molecular flexibility index (Phi) is 3.62. The fourth-order valence-corrected chi connectivity index (χ4v) is 2.57. The van der Waals surface area contributed by atoms with Gasteiger partial charge in [-0.25, -0.2) is 0 Å². The predicted molar refractivity (Wildman–Crippen MR) is 60.5 cm³/mol. The summed E-state index contributed by atoms with van der Waals surface area (Å²) in [6.45, 7) is 3.90. The van der Waals surface area contributed by atoms with Crippen molar-refractivity contribution >= 4 is 5.91 Å². The molecule has 1 amide bonds. The molecule has 2 fully saturated rings. The predicted octanol–water partition coefficient (Wildman–Crippen LogP) is 1.29. The minimum Gasteiger partial charge on any atom is -0.353 e. The molecule has 0 spiro atoms. The van der Waals surface area contributed by atoms with Gasteiger partial charge in [-0.1, -0.05) is 19.3 Å². The molecule has 1 aliphatic carbocycles. The first kappa shape index (κ1) is 10.9. The van der Waals surface area contributed by atoms with Crippen molar-refractivity contribution in [3.63, 3.8) is 0 Å². The zero-order valence-electron chi connectivity index (χ0n) is 9.59. The molecule has 1 saturated heterocycles. The number of hydrogen-bond acceptors (Lipinski definition) is 2. The van der Waals surface area contributed by atoms with Crippen molar-refractivity contribution in [2.75, 3.05) is 13.1 Å². The Hall–Kier alpha value is -0.570. The van der Waals surface area contributed by atoms with Gasteiger partial charge in [-0.3, -0.25) is 4.79 Å². The molecule has 15 heavy (non-hydrogen) atoms. The van der Waals surface area contributed by atoms with Crippen molar-refractivity contribution in [3.8, 4) is 0 Å². The van der Waals surface area contributed by atoms with Gasteiger partial charge in [0.1, 0.15) is 0 Å². The Morgan fingerprint density at radius 3 is 2.47 bits per heavy atom. The fourth-order valence-electron chi connectivity index (χ4n) is 2.57. The summed E-state index contributed by atoms with van der Waals surface area (Å²) in [7, 11) is 0. The average Bonchev–Trinajstić information content (AvgIpc) is 2.16. The van der Waals surface area contributed by atoms with Crippen LogP contribution < -0.4 is 10.6 Å². The van der Waals surface area contributed by atoms with Gasteiger partial charge in [0.15, 0.2) is 0 Å². The Bertz CT molecular complexity index is 220. The van der Waals surface area contributed by atoms with E-state index in [-0.39, 0.29) is 11.8 Å². The third-order valence-corrected chi connectivity index (χ3v) is 3.88. The Morgan fingerprint density at radius 1 is 1.27 bits per heavy atom. The lowest BCUT2D eigenvalue weighted by atomic mass is 9.84. The first-order valence-corrected chi connectivity index (χ1v) is 6.28. The fraction of sp³-hybridized carbons (Fsp3) is 0.917. The maximum Gasteiger partial charge on any atom is 0.225 e. The molecule has 1 heterocycles. The van der Waals surface area contributed by atoms with Crippen LogP contribution in [0.4, 0.5) is 0 Å². The molecule has 0 aromatic heterocycles. The lowest BCUT2D eigenvalue weighted by Gasteiger charge is -2.32. The molecule has 1 saturated carbocycles. The number of amides is 1. The first-order chi connectivity index (χ1) is 7.27. The third-order valence-electron chi connectivity index (χ3n) is 3.88. The molecule has 0 radical (unpaired) electrons. The molecule has 2 N–H and O–H groups in total. The van der Waals surface area contributed by atoms with Crippen molar-refractivity contribution in [1.29, 1.82) is 0 Å². The average molecular weight is 210 g/mol. The molecule has 2 rings (SSSR count). The second-order valence-corrected chi connectivity index (χ2v) is 5.05. The molecule has 0 bridgehead atoms. The van der Waals surface area contributed by atoms with Gasteiger partial charge < -0.3 is 10.6 Å². The van der Waals surface area contributed by atoms with Gasteiger partial charge in [0.2, 0.25) is 5.91 Å². The number of nitrogens with one attached hydrogen (secondary N) is 2. The van der Waals surface area contributed by atoms with E-state index in [9.17, 15) is 4.79 Å². The van der Waals surface area contributed by atoms with Gasteiger partial charge in [-0.2, -0.15) is 0 Å². The van der Waals surface area contributed by atoms with Gasteiger partial charge in [0.05, 0.1) is 5.92 Å². The maximum absolute atomic E-state index is 11.7. The highest BCUT2D eigenvalue weighted by molar-refractivity contribution is 5.80. The number of carbonyl (C=O) groups is 1.